The number of nitrogens with two attached hydrogens (primary N) is 3. The Bertz CT molecular complexity index is 506. The van der Waals surface area contributed by atoms with Crippen molar-refractivity contribution in [3.05, 3.63) is 24.8 Å². The zero-order valence-electron chi connectivity index (χ0n) is 19.8. The van der Waals surface area contributed by atoms with Gasteiger partial charge in [-0.3, -0.25) is 8.98 Å². The molecule has 0 rings (SSSR count). The maximum Gasteiger partial charge on any atom is 2.00 e. The van der Waals surface area contributed by atoms with Crippen LogP contribution in [0.3, 0.4) is 0 Å². The molecule has 0 bridgehead atoms. The molecule has 0 fully saturated rings. The second-order valence-corrected chi connectivity index (χ2v) is 5.25. The molecule has 0 amide bonds. The standard InChI is InChI=1S/C4H6.C3H7NO.C3H5O.C2H6O3S.CH3N3.CH5NO.CH5N.CH3.W/c1-3-4-2;1-3(5)2-4;1-3(2)4;1-5-6(2,3)4;1-3-4-2;1-3-2;1-2;;/h1-2H3;2,4H2,1H3;1H2,2H3;1-2H3;1H3;2H2,1H3;2H2,1H3;1H3;/q;;-1;;;;;-1;+2. The second-order valence-electron chi connectivity index (χ2n) is 3.50. The Kier molecular flexibility index (Phi) is 119. The number of hydrogen-bond donors (Lipinski definition) is 3. The van der Waals surface area contributed by atoms with Crippen LogP contribution in [0, 0.1) is 26.2 Å². The van der Waals surface area contributed by atoms with Crippen molar-refractivity contribution in [3.8, 4) is 11.8 Å². The van der Waals surface area contributed by atoms with Crippen molar-refractivity contribution in [1.82, 2.24) is 0 Å². The monoisotopic (exact) mass is 628 g/mol. The molecule has 0 aromatic carbocycles. The minimum Gasteiger partial charge on any atom is -0.358 e. The molecular weight excluding hydrogens is 588 g/mol. The molecule has 0 heterocycles. The average Bonchev–Trinajstić information content (AvgIpc) is 2.63. The molecular formula is C16H40N6O6SW. The maximum atomic E-state index is 9.78. The van der Waals surface area contributed by atoms with E-state index in [1.54, 1.807) is 0 Å². The summed E-state index contributed by atoms with van der Waals surface area (Å²) in [6, 6.07) is 0. The third-order valence-electron chi connectivity index (χ3n) is 0.930. The van der Waals surface area contributed by atoms with E-state index >= 15 is 0 Å². The van der Waals surface area contributed by atoms with E-state index in [-0.39, 0.29) is 46.6 Å². The summed E-state index contributed by atoms with van der Waals surface area (Å²) in [6.45, 7) is 9.68. The van der Waals surface area contributed by atoms with Gasteiger partial charge in [0.25, 0.3) is 10.1 Å². The van der Waals surface area contributed by atoms with E-state index in [4.69, 9.17) is 11.3 Å². The third kappa shape index (κ3) is 567. The van der Waals surface area contributed by atoms with Crippen LogP contribution in [-0.4, -0.2) is 61.1 Å². The van der Waals surface area contributed by atoms with E-state index in [2.05, 4.69) is 49.4 Å². The minimum atomic E-state index is -3.16. The van der Waals surface area contributed by atoms with Gasteiger partial charge >= 0.3 is 21.1 Å². The predicted molar refractivity (Wildman–Crippen MR) is 120 cm³/mol. The van der Waals surface area contributed by atoms with Gasteiger partial charge in [-0.2, -0.15) is 8.42 Å². The van der Waals surface area contributed by atoms with Crippen LogP contribution in [0.5, 0.6) is 0 Å². The van der Waals surface area contributed by atoms with Gasteiger partial charge in [0, 0.05) is 12.0 Å². The molecule has 30 heavy (non-hydrogen) atoms. The number of carbonyl (C=O) groups is 2. The number of hydrogen-bond acceptors (Lipinski definition) is 10. The van der Waals surface area contributed by atoms with E-state index in [0.29, 0.717) is 0 Å². The first kappa shape index (κ1) is 56.7. The summed E-state index contributed by atoms with van der Waals surface area (Å²) in [5, 5.41) is 2.92. The average molecular weight is 628 g/mol. The van der Waals surface area contributed by atoms with E-state index in [9.17, 15) is 18.0 Å². The Morgan fingerprint density at radius 3 is 1.30 bits per heavy atom. The zero-order valence-corrected chi connectivity index (χ0v) is 23.5. The van der Waals surface area contributed by atoms with Crippen molar-refractivity contribution >= 4 is 21.7 Å². The molecule has 0 aliphatic carbocycles. The Morgan fingerprint density at radius 1 is 1.17 bits per heavy atom. The largest absolute Gasteiger partial charge is 2.00 e. The molecule has 0 spiro atoms. The molecule has 0 saturated carbocycles. The molecule has 0 aromatic heterocycles. The van der Waals surface area contributed by atoms with Crippen molar-refractivity contribution in [1.29, 1.82) is 0 Å². The Hall–Kier alpha value is -1.48. The molecule has 0 aliphatic rings. The molecule has 0 saturated heterocycles. The molecule has 14 heteroatoms. The summed E-state index contributed by atoms with van der Waals surface area (Å²) >= 11 is 0. The van der Waals surface area contributed by atoms with Gasteiger partial charge in [-0.25, -0.2) is 5.90 Å². The number of azide groups is 1. The van der Waals surface area contributed by atoms with Gasteiger partial charge in [0.1, 0.15) is 5.78 Å². The predicted octanol–water partition coefficient (Wildman–Crippen LogP) is 1.02. The van der Waals surface area contributed by atoms with Crippen LogP contribution in [-0.2, 0) is 49.8 Å². The van der Waals surface area contributed by atoms with Crippen molar-refractivity contribution in [2.45, 2.75) is 27.7 Å². The fraction of sp³-hybridized carbons (Fsp3) is 0.625. The van der Waals surface area contributed by atoms with Crippen LogP contribution < -0.4 is 17.4 Å². The summed E-state index contributed by atoms with van der Waals surface area (Å²) in [7, 11) is 2.25. The van der Waals surface area contributed by atoms with Gasteiger partial charge in [-0.05, 0) is 46.1 Å². The van der Waals surface area contributed by atoms with E-state index in [1.165, 1.54) is 35.1 Å². The third-order valence-corrected chi connectivity index (χ3v) is 1.54. The summed E-state index contributed by atoms with van der Waals surface area (Å²) in [4.78, 5) is 25.1. The minimum absolute atomic E-state index is 0. The number of rotatable bonds is 2. The zero-order chi connectivity index (χ0) is 24.6. The molecule has 0 unspecified atom stereocenters. The van der Waals surface area contributed by atoms with Crippen LogP contribution in [0.4, 0.5) is 0 Å². The van der Waals surface area contributed by atoms with Crippen LogP contribution in [0.2, 0.25) is 0 Å². The first-order chi connectivity index (χ1) is 12.8. The van der Waals surface area contributed by atoms with Gasteiger partial charge in [-0.15, -0.1) is 11.8 Å². The molecule has 0 radical (unpaired) electrons. The Balaban J connectivity index is -0.0000000247. The first-order valence-corrected chi connectivity index (χ1v) is 8.98. The van der Waals surface area contributed by atoms with Crippen molar-refractivity contribution in [3.63, 3.8) is 0 Å². The van der Waals surface area contributed by atoms with E-state index in [0.717, 1.165) is 13.4 Å². The normalized spacial score (nSPS) is 6.27. The fourth-order valence-corrected chi connectivity index (χ4v) is 0. The Morgan fingerprint density at radius 2 is 1.30 bits per heavy atom. The molecule has 12 nitrogen and oxygen atoms in total. The van der Waals surface area contributed by atoms with Crippen molar-refractivity contribution in [2.75, 3.05) is 41.1 Å². The number of ketones is 2. The van der Waals surface area contributed by atoms with Gasteiger partial charge < -0.3 is 35.4 Å². The van der Waals surface area contributed by atoms with Crippen molar-refractivity contribution in [2.24, 2.45) is 22.5 Å². The van der Waals surface area contributed by atoms with Gasteiger partial charge in [-0.1, -0.05) is 5.11 Å². The SMILES string of the molecule is CC#CC.CC(=O)CN.CN.CN=[N+]=[N-].CON.COS(C)(=O)=O.[CH2-]C(C)=O.[CH3-].[W+2]. The molecule has 182 valence electrons. The maximum absolute atomic E-state index is 9.78. The molecule has 0 atom stereocenters. The molecule has 0 aliphatic heterocycles. The summed E-state index contributed by atoms with van der Waals surface area (Å²) < 4.78 is 23.5. The van der Waals surface area contributed by atoms with Gasteiger partial charge in [0.2, 0.25) is 0 Å². The van der Waals surface area contributed by atoms with Crippen LogP contribution in [0.1, 0.15) is 27.7 Å². The summed E-state index contributed by atoms with van der Waals surface area (Å²) in [5.41, 5.74) is 16.7. The second kappa shape index (κ2) is 63.1. The van der Waals surface area contributed by atoms with E-state index < -0.39 is 10.1 Å². The number of Topliss-reactive ketones (excluding diaryl/α,β-unsaturated/α-hetero) is 2. The van der Waals surface area contributed by atoms with Gasteiger partial charge in [0.05, 0.1) is 27.0 Å². The summed E-state index contributed by atoms with van der Waals surface area (Å²) in [5.74, 6) is 9.66. The molecule has 0 aromatic rings. The quantitative estimate of drug-likeness (QED) is 0.0756. The van der Waals surface area contributed by atoms with Crippen LogP contribution in [0.15, 0.2) is 5.11 Å². The fourth-order valence-electron chi connectivity index (χ4n) is 0. The number of carbonyl (C=O) groups excluding carboxylic acids is 2. The Labute approximate surface area is 197 Å². The topological polar surface area (TPSA) is 214 Å². The summed E-state index contributed by atoms with van der Waals surface area (Å²) in [6.07, 6.45) is 0.993. The smallest absolute Gasteiger partial charge is 0.358 e. The van der Waals surface area contributed by atoms with Crippen LogP contribution in [0.25, 0.3) is 10.4 Å². The first-order valence-electron chi connectivity index (χ1n) is 7.16. The van der Waals surface area contributed by atoms with E-state index in [1.807, 2.05) is 13.8 Å². The van der Waals surface area contributed by atoms with Crippen LogP contribution >= 0.6 is 0 Å². The molecule has 6 N–H and O–H groups in total. The van der Waals surface area contributed by atoms with Gasteiger partial charge in [0.15, 0.2) is 0 Å². The number of nitrogens with zero attached hydrogens (tertiary/aromatic N) is 3. The van der Waals surface area contributed by atoms with Crippen molar-refractivity contribution < 1.29 is 48.1 Å².